The summed E-state index contributed by atoms with van der Waals surface area (Å²) in [7, 11) is 3.13. The van der Waals surface area contributed by atoms with Crippen LogP contribution in [0.3, 0.4) is 0 Å². The summed E-state index contributed by atoms with van der Waals surface area (Å²) in [6, 6.07) is 12.9. The quantitative estimate of drug-likeness (QED) is 0.702. The average Bonchev–Trinajstić information content (AvgIpc) is 3.04. The number of amides is 1. The van der Waals surface area contributed by atoms with Crippen molar-refractivity contribution >= 4 is 23.5 Å². The predicted molar refractivity (Wildman–Crippen MR) is 108 cm³/mol. The first kappa shape index (κ1) is 18.2. The Morgan fingerprint density at radius 3 is 2.86 bits per heavy atom. The number of hydrogen-bond donors (Lipinski definition) is 2. The van der Waals surface area contributed by atoms with Crippen molar-refractivity contribution in [2.24, 2.45) is 0 Å². The lowest BCUT2D eigenvalue weighted by atomic mass is 10.1. The van der Waals surface area contributed by atoms with Gasteiger partial charge in [0.15, 0.2) is 17.3 Å². The zero-order valence-electron chi connectivity index (χ0n) is 15.4. The number of fused-ring (bicyclic) bond motifs is 1. The number of nitrogens with zero attached hydrogens (tertiary/aromatic N) is 2. The maximum Gasteiger partial charge on any atom is 0.235 e. The number of aromatic hydroxyl groups is 1. The van der Waals surface area contributed by atoms with E-state index in [2.05, 4.69) is 10.3 Å². The molecule has 144 valence electrons. The molecule has 8 heteroatoms. The third-order valence-electron chi connectivity index (χ3n) is 4.53. The molecule has 2 N–H and O–H groups in total. The molecule has 7 nitrogen and oxygen atoms in total. The highest BCUT2D eigenvalue weighted by atomic mass is 32.2. The van der Waals surface area contributed by atoms with Crippen LogP contribution in [-0.2, 0) is 4.79 Å². The number of phenols is 1. The summed E-state index contributed by atoms with van der Waals surface area (Å²) >= 11 is 1.50. The molecule has 0 aliphatic carbocycles. The van der Waals surface area contributed by atoms with Crippen LogP contribution in [0.25, 0.3) is 5.69 Å². The van der Waals surface area contributed by atoms with E-state index in [-0.39, 0.29) is 16.9 Å². The smallest absolute Gasteiger partial charge is 0.235 e. The Kier molecular flexibility index (Phi) is 4.87. The predicted octanol–water partition coefficient (Wildman–Crippen LogP) is 3.37. The molecule has 0 fully saturated rings. The number of carbonyl (C=O) groups excluding carboxylic acids is 1. The normalized spacial score (nSPS) is 16.1. The molecule has 4 rings (SSSR count). The number of methoxy groups -OCH3 is 2. The first-order valence-corrected chi connectivity index (χ1v) is 9.65. The number of benzene rings is 2. The van der Waals surface area contributed by atoms with Crippen molar-refractivity contribution in [2.75, 3.05) is 25.3 Å². The van der Waals surface area contributed by atoms with E-state index in [1.54, 1.807) is 25.6 Å². The Labute approximate surface area is 166 Å². The molecule has 2 heterocycles. The van der Waals surface area contributed by atoms with Gasteiger partial charge < -0.3 is 19.9 Å². The highest BCUT2D eigenvalue weighted by Crippen LogP contribution is 2.44. The van der Waals surface area contributed by atoms with E-state index >= 15 is 0 Å². The van der Waals surface area contributed by atoms with Crippen LogP contribution >= 0.6 is 11.8 Å². The number of nitrogens with one attached hydrogen (secondary N) is 1. The molecule has 1 unspecified atom stereocenters. The lowest BCUT2D eigenvalue weighted by molar-refractivity contribution is -0.113. The maximum absolute atomic E-state index is 12.2. The number of thioether (sulfide) groups is 1. The summed E-state index contributed by atoms with van der Waals surface area (Å²) in [5, 5.41) is 12.6. The van der Waals surface area contributed by atoms with E-state index in [9.17, 15) is 9.90 Å². The highest BCUT2D eigenvalue weighted by molar-refractivity contribution is 8.00. The number of carbonyl (C=O) groups is 1. The molecule has 0 saturated heterocycles. The van der Waals surface area contributed by atoms with Gasteiger partial charge in [-0.1, -0.05) is 12.1 Å². The minimum atomic E-state index is -0.183. The fourth-order valence-corrected chi connectivity index (χ4v) is 4.30. The SMILES string of the molecule is COc1cccc(-n2cnc3c2C(c2ccc(O)c(OC)c2)SCC(=O)N3)c1. The largest absolute Gasteiger partial charge is 0.504 e. The standard InChI is InChI=1S/C20H19N3O4S/c1-26-14-5-3-4-13(9-14)23-11-21-20-18(23)19(28-10-17(25)22-20)12-6-7-15(24)16(8-12)27-2/h3-9,11,19,24H,10H2,1-2H3,(H,22,25). The maximum atomic E-state index is 12.2. The fourth-order valence-electron chi connectivity index (χ4n) is 3.19. The summed E-state index contributed by atoms with van der Waals surface area (Å²) in [5.41, 5.74) is 2.62. The topological polar surface area (TPSA) is 85.6 Å². The number of phenolic OH excluding ortho intramolecular Hbond substituents is 1. The fraction of sp³-hybridized carbons (Fsp3) is 0.200. The van der Waals surface area contributed by atoms with Gasteiger partial charge in [-0.05, 0) is 29.8 Å². The second-order valence-electron chi connectivity index (χ2n) is 6.22. The van der Waals surface area contributed by atoms with Gasteiger partial charge >= 0.3 is 0 Å². The van der Waals surface area contributed by atoms with Crippen LogP contribution in [-0.4, -0.2) is 40.5 Å². The van der Waals surface area contributed by atoms with Crippen molar-refractivity contribution in [1.82, 2.24) is 9.55 Å². The van der Waals surface area contributed by atoms with E-state index in [0.29, 0.717) is 17.3 Å². The molecule has 1 amide bonds. The number of rotatable bonds is 4. The van der Waals surface area contributed by atoms with Gasteiger partial charge in [-0.3, -0.25) is 9.36 Å². The highest BCUT2D eigenvalue weighted by Gasteiger charge is 2.29. The number of anilines is 1. The van der Waals surface area contributed by atoms with Gasteiger partial charge in [0.2, 0.25) is 5.91 Å². The van der Waals surface area contributed by atoms with Crippen molar-refractivity contribution in [3.8, 4) is 22.9 Å². The summed E-state index contributed by atoms with van der Waals surface area (Å²) < 4.78 is 12.5. The van der Waals surface area contributed by atoms with Gasteiger partial charge in [-0.25, -0.2) is 4.98 Å². The van der Waals surface area contributed by atoms with Gasteiger partial charge in [-0.2, -0.15) is 0 Å². The minimum absolute atomic E-state index is 0.0700. The van der Waals surface area contributed by atoms with Gasteiger partial charge in [0.05, 0.1) is 36.6 Å². The lowest BCUT2D eigenvalue weighted by Gasteiger charge is -2.19. The first-order chi connectivity index (χ1) is 13.6. The molecule has 1 aliphatic heterocycles. The van der Waals surface area contributed by atoms with Crippen molar-refractivity contribution < 1.29 is 19.4 Å². The van der Waals surface area contributed by atoms with E-state index in [0.717, 1.165) is 22.7 Å². The first-order valence-electron chi connectivity index (χ1n) is 8.60. The summed E-state index contributed by atoms with van der Waals surface area (Å²) in [5.74, 6) is 1.90. The Morgan fingerprint density at radius 1 is 1.21 bits per heavy atom. The van der Waals surface area contributed by atoms with Crippen molar-refractivity contribution in [3.05, 3.63) is 60.0 Å². The van der Waals surface area contributed by atoms with Gasteiger partial charge in [0.25, 0.3) is 0 Å². The monoisotopic (exact) mass is 397 g/mol. The molecule has 1 aliphatic rings. The Hall–Kier alpha value is -3.13. The summed E-state index contributed by atoms with van der Waals surface area (Å²) in [6.07, 6.45) is 1.69. The Bertz CT molecular complexity index is 1030. The van der Waals surface area contributed by atoms with Crippen LogP contribution in [0.1, 0.15) is 16.5 Å². The van der Waals surface area contributed by atoms with Gasteiger partial charge in [0, 0.05) is 6.07 Å². The van der Waals surface area contributed by atoms with E-state index in [4.69, 9.17) is 9.47 Å². The third-order valence-corrected chi connectivity index (χ3v) is 5.79. The molecule has 1 aromatic heterocycles. The molecular weight excluding hydrogens is 378 g/mol. The molecule has 0 spiro atoms. The van der Waals surface area contributed by atoms with Crippen LogP contribution < -0.4 is 14.8 Å². The molecule has 2 aromatic carbocycles. The van der Waals surface area contributed by atoms with Gasteiger partial charge in [0.1, 0.15) is 12.1 Å². The van der Waals surface area contributed by atoms with Gasteiger partial charge in [-0.15, -0.1) is 11.8 Å². The van der Waals surface area contributed by atoms with Crippen LogP contribution in [0.2, 0.25) is 0 Å². The average molecular weight is 397 g/mol. The Balaban J connectivity index is 1.87. The van der Waals surface area contributed by atoms with Crippen LogP contribution in [0, 0.1) is 0 Å². The zero-order valence-corrected chi connectivity index (χ0v) is 16.2. The van der Waals surface area contributed by atoms with Crippen molar-refractivity contribution in [2.45, 2.75) is 5.25 Å². The van der Waals surface area contributed by atoms with Crippen molar-refractivity contribution in [1.29, 1.82) is 0 Å². The van der Waals surface area contributed by atoms with E-state index in [1.807, 2.05) is 34.9 Å². The minimum Gasteiger partial charge on any atom is -0.504 e. The van der Waals surface area contributed by atoms with Crippen LogP contribution in [0.15, 0.2) is 48.8 Å². The second-order valence-corrected chi connectivity index (χ2v) is 7.31. The lowest BCUT2D eigenvalue weighted by Crippen LogP contribution is -2.12. The van der Waals surface area contributed by atoms with Crippen LogP contribution in [0.4, 0.5) is 5.82 Å². The second kappa shape index (κ2) is 7.47. The summed E-state index contributed by atoms with van der Waals surface area (Å²) in [6.45, 7) is 0. The van der Waals surface area contributed by atoms with E-state index < -0.39 is 0 Å². The molecule has 1 atom stereocenters. The molecule has 28 heavy (non-hydrogen) atoms. The molecule has 0 saturated carbocycles. The zero-order chi connectivity index (χ0) is 19.7. The molecular formula is C20H19N3O4S. The third kappa shape index (κ3) is 3.27. The molecule has 0 radical (unpaired) electrons. The van der Waals surface area contributed by atoms with Crippen molar-refractivity contribution in [3.63, 3.8) is 0 Å². The number of ether oxygens (including phenoxy) is 2. The number of aromatic nitrogens is 2. The van der Waals surface area contributed by atoms with Crippen LogP contribution in [0.5, 0.6) is 17.2 Å². The number of hydrogen-bond acceptors (Lipinski definition) is 6. The Morgan fingerprint density at radius 2 is 2.07 bits per heavy atom. The summed E-state index contributed by atoms with van der Waals surface area (Å²) in [4.78, 5) is 16.6. The molecule has 0 bridgehead atoms. The van der Waals surface area contributed by atoms with E-state index in [1.165, 1.54) is 18.9 Å². The number of imidazole rings is 1. The molecule has 3 aromatic rings.